The zero-order valence-electron chi connectivity index (χ0n) is 18.1. The van der Waals surface area contributed by atoms with E-state index in [9.17, 15) is 4.79 Å². The normalized spacial score (nSPS) is 11.2. The number of nitrogens with one attached hydrogen (secondary N) is 1. The summed E-state index contributed by atoms with van der Waals surface area (Å²) in [6.07, 6.45) is 0. The molecule has 2 aromatic heterocycles. The molecule has 0 saturated carbocycles. The number of anilines is 1. The van der Waals surface area contributed by atoms with Crippen LogP contribution in [0.15, 0.2) is 69.5 Å². The van der Waals surface area contributed by atoms with Crippen LogP contribution in [0.2, 0.25) is 15.1 Å². The fourth-order valence-corrected chi connectivity index (χ4v) is 4.30. The highest BCUT2D eigenvalue weighted by Crippen LogP contribution is 2.35. The molecule has 5 nitrogen and oxygen atoms in total. The number of oxazole rings is 1. The van der Waals surface area contributed by atoms with Crippen molar-refractivity contribution in [1.82, 2.24) is 4.98 Å². The van der Waals surface area contributed by atoms with E-state index in [0.29, 0.717) is 43.5 Å². The Balaban J connectivity index is 1.43. The van der Waals surface area contributed by atoms with Gasteiger partial charge in [0.25, 0.3) is 5.91 Å². The van der Waals surface area contributed by atoms with E-state index in [1.165, 1.54) is 0 Å². The largest absolute Gasteiger partial charge is 0.451 e. The Labute approximate surface area is 210 Å². The van der Waals surface area contributed by atoms with E-state index >= 15 is 0 Å². The first-order valence-corrected chi connectivity index (χ1v) is 11.5. The van der Waals surface area contributed by atoms with Gasteiger partial charge in [0.05, 0.1) is 20.8 Å². The molecule has 5 rings (SSSR count). The molecule has 0 atom stereocenters. The number of benzene rings is 3. The average Bonchev–Trinajstić information content (AvgIpc) is 3.45. The molecule has 34 heavy (non-hydrogen) atoms. The molecule has 3 aromatic carbocycles. The molecule has 8 heteroatoms. The van der Waals surface area contributed by atoms with Gasteiger partial charge >= 0.3 is 0 Å². The van der Waals surface area contributed by atoms with Crippen LogP contribution >= 0.6 is 34.8 Å². The SMILES string of the molecule is Cc1cc(C)c2oc(-c3ccc(Cl)c(NC(=O)c4ccc(-c5cccc(Cl)c5Cl)o4)c3)nc2c1. The third-order valence-electron chi connectivity index (χ3n) is 5.33. The van der Waals surface area contributed by atoms with Gasteiger partial charge in [0.1, 0.15) is 11.3 Å². The third-order valence-corrected chi connectivity index (χ3v) is 6.48. The lowest BCUT2D eigenvalue weighted by Crippen LogP contribution is -2.11. The predicted molar refractivity (Wildman–Crippen MR) is 136 cm³/mol. The van der Waals surface area contributed by atoms with Crippen molar-refractivity contribution in [3.8, 4) is 22.8 Å². The highest BCUT2D eigenvalue weighted by Gasteiger charge is 2.18. The van der Waals surface area contributed by atoms with Crippen LogP contribution < -0.4 is 5.32 Å². The standard InChI is InChI=1S/C26H17Cl3N2O3/c1-13-10-14(2)24-20(11-13)31-26(34-24)15-6-7-17(27)19(12-15)30-25(32)22-9-8-21(33-22)16-4-3-5-18(28)23(16)29/h3-12H,1-2H3,(H,30,32). The van der Waals surface area contributed by atoms with Gasteiger partial charge in [-0.25, -0.2) is 4.98 Å². The van der Waals surface area contributed by atoms with E-state index < -0.39 is 5.91 Å². The molecule has 5 aromatic rings. The van der Waals surface area contributed by atoms with Crippen LogP contribution in [0.4, 0.5) is 5.69 Å². The number of nitrogens with zero attached hydrogens (tertiary/aromatic N) is 1. The highest BCUT2D eigenvalue weighted by atomic mass is 35.5. The summed E-state index contributed by atoms with van der Waals surface area (Å²) in [6, 6.07) is 17.6. The minimum atomic E-state index is -0.465. The number of aromatic nitrogens is 1. The van der Waals surface area contributed by atoms with Crippen molar-refractivity contribution < 1.29 is 13.6 Å². The quantitative estimate of drug-likeness (QED) is 0.262. The van der Waals surface area contributed by atoms with Gasteiger partial charge in [-0.05, 0) is 73.5 Å². The smallest absolute Gasteiger partial charge is 0.291 e. The van der Waals surface area contributed by atoms with Gasteiger partial charge in [-0.15, -0.1) is 0 Å². The number of halogens is 3. The molecule has 0 saturated heterocycles. The predicted octanol–water partition coefficient (Wildman–Crippen LogP) is 8.58. The molecule has 2 heterocycles. The number of hydrogen-bond acceptors (Lipinski definition) is 4. The van der Waals surface area contributed by atoms with E-state index in [0.717, 1.165) is 22.2 Å². The monoisotopic (exact) mass is 510 g/mol. The van der Waals surface area contributed by atoms with Gasteiger partial charge in [-0.3, -0.25) is 4.79 Å². The van der Waals surface area contributed by atoms with Crippen molar-refractivity contribution in [2.24, 2.45) is 0 Å². The van der Waals surface area contributed by atoms with Gasteiger partial charge < -0.3 is 14.2 Å². The molecule has 0 aliphatic rings. The van der Waals surface area contributed by atoms with Gasteiger partial charge in [-0.1, -0.05) is 46.9 Å². The van der Waals surface area contributed by atoms with E-state index in [-0.39, 0.29) is 5.76 Å². The zero-order valence-corrected chi connectivity index (χ0v) is 20.3. The van der Waals surface area contributed by atoms with Crippen molar-refractivity contribution >= 4 is 57.5 Å². The summed E-state index contributed by atoms with van der Waals surface area (Å²) in [6.45, 7) is 3.99. The minimum Gasteiger partial charge on any atom is -0.451 e. The Morgan fingerprint density at radius 3 is 2.56 bits per heavy atom. The number of fused-ring (bicyclic) bond motifs is 1. The molecule has 0 radical (unpaired) electrons. The summed E-state index contributed by atoms with van der Waals surface area (Å²) in [4.78, 5) is 17.5. The molecule has 1 N–H and O–H groups in total. The highest BCUT2D eigenvalue weighted by molar-refractivity contribution is 6.43. The molecule has 0 aliphatic heterocycles. The Kier molecular flexibility index (Phi) is 5.86. The molecule has 0 unspecified atom stereocenters. The first kappa shape index (κ1) is 22.5. The minimum absolute atomic E-state index is 0.0977. The van der Waals surface area contributed by atoms with Gasteiger partial charge in [0.15, 0.2) is 11.3 Å². The van der Waals surface area contributed by atoms with Gasteiger partial charge in [-0.2, -0.15) is 0 Å². The topological polar surface area (TPSA) is 68.3 Å². The summed E-state index contributed by atoms with van der Waals surface area (Å²) in [5.74, 6) is 0.495. The van der Waals surface area contributed by atoms with Crippen molar-refractivity contribution in [2.75, 3.05) is 5.32 Å². The lowest BCUT2D eigenvalue weighted by Gasteiger charge is -2.07. The number of carbonyl (C=O) groups is 1. The maximum absolute atomic E-state index is 12.9. The van der Waals surface area contributed by atoms with Crippen LogP contribution in [0.1, 0.15) is 21.7 Å². The first-order chi connectivity index (χ1) is 16.3. The Hall–Kier alpha value is -3.25. The lowest BCUT2D eigenvalue weighted by atomic mass is 10.1. The van der Waals surface area contributed by atoms with Crippen molar-refractivity contribution in [3.05, 3.63) is 92.6 Å². The summed E-state index contributed by atoms with van der Waals surface area (Å²) < 4.78 is 11.7. The first-order valence-electron chi connectivity index (χ1n) is 10.3. The molecule has 1 amide bonds. The Morgan fingerprint density at radius 1 is 0.912 bits per heavy atom. The second kappa shape index (κ2) is 8.84. The second-order valence-corrected chi connectivity index (χ2v) is 9.06. The van der Waals surface area contributed by atoms with E-state index in [1.54, 1.807) is 48.5 Å². The lowest BCUT2D eigenvalue weighted by molar-refractivity contribution is 0.0997. The van der Waals surface area contributed by atoms with E-state index in [2.05, 4.69) is 10.3 Å². The summed E-state index contributed by atoms with van der Waals surface area (Å²) >= 11 is 18.7. The van der Waals surface area contributed by atoms with Crippen molar-refractivity contribution in [2.45, 2.75) is 13.8 Å². The van der Waals surface area contributed by atoms with E-state index in [4.69, 9.17) is 43.6 Å². The van der Waals surface area contributed by atoms with Crippen LogP contribution in [-0.4, -0.2) is 10.9 Å². The number of carbonyl (C=O) groups excluding carboxylic acids is 1. The third kappa shape index (κ3) is 4.18. The molecule has 0 spiro atoms. The Bertz CT molecular complexity index is 1570. The fourth-order valence-electron chi connectivity index (χ4n) is 3.74. The van der Waals surface area contributed by atoms with Crippen LogP contribution in [0.25, 0.3) is 33.9 Å². The molecule has 0 bridgehead atoms. The molecular formula is C26H17Cl3N2O3. The zero-order chi connectivity index (χ0) is 24.0. The van der Waals surface area contributed by atoms with Crippen LogP contribution in [0, 0.1) is 13.8 Å². The fraction of sp³-hybridized carbons (Fsp3) is 0.0769. The number of rotatable bonds is 4. The molecular weight excluding hydrogens is 495 g/mol. The summed E-state index contributed by atoms with van der Waals surface area (Å²) in [7, 11) is 0. The maximum atomic E-state index is 12.9. The van der Waals surface area contributed by atoms with Gasteiger partial charge in [0.2, 0.25) is 5.89 Å². The number of hydrogen-bond donors (Lipinski definition) is 1. The number of furan rings is 1. The Morgan fingerprint density at radius 2 is 1.74 bits per heavy atom. The summed E-state index contributed by atoms with van der Waals surface area (Å²) in [5.41, 5.74) is 5.28. The van der Waals surface area contributed by atoms with E-state index in [1.807, 2.05) is 26.0 Å². The second-order valence-electron chi connectivity index (χ2n) is 7.86. The molecule has 0 aliphatic carbocycles. The number of aryl methyl sites for hydroxylation is 2. The van der Waals surface area contributed by atoms with Crippen LogP contribution in [-0.2, 0) is 0 Å². The molecule has 0 fully saturated rings. The molecule has 170 valence electrons. The summed E-state index contributed by atoms with van der Waals surface area (Å²) in [5, 5.41) is 3.90. The average molecular weight is 512 g/mol. The van der Waals surface area contributed by atoms with Crippen molar-refractivity contribution in [1.29, 1.82) is 0 Å². The maximum Gasteiger partial charge on any atom is 0.291 e. The van der Waals surface area contributed by atoms with Crippen LogP contribution in [0.3, 0.4) is 0 Å². The van der Waals surface area contributed by atoms with Gasteiger partial charge in [0, 0.05) is 11.1 Å². The van der Waals surface area contributed by atoms with Crippen molar-refractivity contribution in [3.63, 3.8) is 0 Å². The van der Waals surface area contributed by atoms with Crippen LogP contribution in [0.5, 0.6) is 0 Å². The number of amides is 1.